The van der Waals surface area contributed by atoms with Gasteiger partial charge in [0.05, 0.1) is 12.5 Å². The summed E-state index contributed by atoms with van der Waals surface area (Å²) in [6.07, 6.45) is -0.288. The molecule has 2 aromatic carbocycles. The molecule has 0 N–H and O–H groups in total. The minimum Gasteiger partial charge on any atom is -0.353 e. The molecular weight excluding hydrogens is 250 g/mol. The zero-order chi connectivity index (χ0) is 13.9. The van der Waals surface area contributed by atoms with Crippen molar-refractivity contribution in [2.45, 2.75) is 12.1 Å². The maximum atomic E-state index is 12.6. The molecule has 1 aliphatic heterocycles. The minimum absolute atomic E-state index is 0.108. The van der Waals surface area contributed by atoms with Gasteiger partial charge in [-0.2, -0.15) is 0 Å². The van der Waals surface area contributed by atoms with E-state index in [-0.39, 0.29) is 18.1 Å². The molecule has 0 spiro atoms. The number of benzene rings is 2. The third-order valence-corrected chi connectivity index (χ3v) is 3.70. The zero-order valence-corrected chi connectivity index (χ0v) is 11.4. The molecule has 3 rings (SSSR count). The molecule has 1 heterocycles. The van der Waals surface area contributed by atoms with Crippen molar-refractivity contribution in [3.63, 3.8) is 0 Å². The van der Waals surface area contributed by atoms with Crippen LogP contribution in [0.25, 0.3) is 0 Å². The first-order valence-electron chi connectivity index (χ1n) is 6.75. The Morgan fingerprint density at radius 3 is 2.10 bits per heavy atom. The highest BCUT2D eigenvalue weighted by Gasteiger charge is 2.35. The molecule has 2 atom stereocenters. The van der Waals surface area contributed by atoms with E-state index >= 15 is 0 Å². The summed E-state index contributed by atoms with van der Waals surface area (Å²) in [6.45, 7) is 0.423. The molecule has 1 saturated heterocycles. The van der Waals surface area contributed by atoms with Crippen LogP contribution in [0.5, 0.6) is 0 Å². The van der Waals surface area contributed by atoms with E-state index < -0.39 is 0 Å². The van der Waals surface area contributed by atoms with Crippen molar-refractivity contribution in [1.82, 2.24) is 4.90 Å². The van der Waals surface area contributed by atoms with E-state index in [1.165, 1.54) is 0 Å². The third-order valence-electron chi connectivity index (χ3n) is 3.70. The Labute approximate surface area is 118 Å². The lowest BCUT2D eigenvalue weighted by molar-refractivity contribution is -0.161. The predicted octanol–water partition coefficient (Wildman–Crippen LogP) is 2.96. The van der Waals surface area contributed by atoms with Crippen molar-refractivity contribution < 1.29 is 9.53 Å². The second-order valence-corrected chi connectivity index (χ2v) is 5.01. The van der Waals surface area contributed by atoms with Crippen molar-refractivity contribution in [3.8, 4) is 0 Å². The number of ether oxygens (including phenoxy) is 1. The molecule has 0 saturated carbocycles. The van der Waals surface area contributed by atoms with Gasteiger partial charge in [0.25, 0.3) is 0 Å². The van der Waals surface area contributed by atoms with Gasteiger partial charge in [-0.15, -0.1) is 0 Å². The second-order valence-electron chi connectivity index (χ2n) is 5.01. The molecule has 0 unspecified atom stereocenters. The summed E-state index contributed by atoms with van der Waals surface area (Å²) in [5, 5.41) is 0. The highest BCUT2D eigenvalue weighted by atomic mass is 16.5. The Balaban J connectivity index is 1.83. The first-order valence-corrected chi connectivity index (χ1v) is 6.75. The van der Waals surface area contributed by atoms with E-state index in [4.69, 9.17) is 4.74 Å². The fraction of sp³-hybridized carbons (Fsp3) is 0.235. The van der Waals surface area contributed by atoms with Crippen LogP contribution in [-0.4, -0.2) is 24.5 Å². The Hall–Kier alpha value is -2.13. The normalized spacial score (nSPS) is 22.9. The number of nitrogens with zero attached hydrogens (tertiary/aromatic N) is 1. The minimum atomic E-state index is -0.288. The summed E-state index contributed by atoms with van der Waals surface area (Å²) in [5.41, 5.74) is 2.02. The molecule has 1 fully saturated rings. The Bertz CT molecular complexity index is 582. The molecule has 20 heavy (non-hydrogen) atoms. The van der Waals surface area contributed by atoms with Gasteiger partial charge < -0.3 is 9.64 Å². The summed E-state index contributed by atoms with van der Waals surface area (Å²) in [4.78, 5) is 14.2. The molecule has 3 heteroatoms. The molecule has 2 aromatic rings. The fourth-order valence-corrected chi connectivity index (χ4v) is 2.59. The molecule has 1 aliphatic rings. The van der Waals surface area contributed by atoms with Crippen LogP contribution in [0.4, 0.5) is 0 Å². The van der Waals surface area contributed by atoms with Gasteiger partial charge in [0.15, 0.2) is 6.23 Å². The van der Waals surface area contributed by atoms with E-state index in [2.05, 4.69) is 0 Å². The van der Waals surface area contributed by atoms with Crippen LogP contribution in [0.3, 0.4) is 0 Å². The lowest BCUT2D eigenvalue weighted by atomic mass is 9.96. The van der Waals surface area contributed by atoms with Crippen molar-refractivity contribution >= 4 is 5.91 Å². The Kier molecular flexibility index (Phi) is 3.52. The summed E-state index contributed by atoms with van der Waals surface area (Å²) in [7, 11) is 1.80. The van der Waals surface area contributed by atoms with Crippen LogP contribution in [0.2, 0.25) is 0 Å². The molecule has 3 nitrogen and oxygen atoms in total. The molecule has 0 aromatic heterocycles. The van der Waals surface area contributed by atoms with E-state index in [1.54, 1.807) is 11.9 Å². The second kappa shape index (κ2) is 5.47. The highest BCUT2D eigenvalue weighted by Crippen LogP contribution is 2.32. The van der Waals surface area contributed by atoms with Crippen molar-refractivity contribution in [2.24, 2.45) is 0 Å². The summed E-state index contributed by atoms with van der Waals surface area (Å²) < 4.78 is 5.92. The van der Waals surface area contributed by atoms with Crippen LogP contribution >= 0.6 is 0 Å². The average Bonchev–Trinajstić information content (AvgIpc) is 2.52. The van der Waals surface area contributed by atoms with Crippen molar-refractivity contribution in [1.29, 1.82) is 0 Å². The smallest absolute Gasteiger partial charge is 0.234 e. The first-order chi connectivity index (χ1) is 9.77. The van der Waals surface area contributed by atoms with E-state index in [0.29, 0.717) is 6.61 Å². The van der Waals surface area contributed by atoms with Crippen LogP contribution in [0, 0.1) is 0 Å². The molecule has 102 valence electrons. The van der Waals surface area contributed by atoms with Crippen molar-refractivity contribution in [3.05, 3.63) is 71.8 Å². The summed E-state index contributed by atoms with van der Waals surface area (Å²) in [6, 6.07) is 19.6. The number of amides is 1. The van der Waals surface area contributed by atoms with Crippen LogP contribution < -0.4 is 0 Å². The van der Waals surface area contributed by atoms with Gasteiger partial charge in [0.2, 0.25) is 5.91 Å². The summed E-state index contributed by atoms with van der Waals surface area (Å²) >= 11 is 0. The van der Waals surface area contributed by atoms with Gasteiger partial charge in [-0.25, -0.2) is 0 Å². The van der Waals surface area contributed by atoms with Gasteiger partial charge in [-0.05, 0) is 5.56 Å². The standard InChI is InChI=1S/C17H17NO2/c1-18-16(19)15(13-8-4-2-5-9-13)12-20-17(18)14-10-6-3-7-11-14/h2-11,15,17H,12H2,1H3/t15-,17-/m1/s1. The maximum Gasteiger partial charge on any atom is 0.234 e. The predicted molar refractivity (Wildman–Crippen MR) is 77.1 cm³/mol. The lowest BCUT2D eigenvalue weighted by Gasteiger charge is -2.37. The van der Waals surface area contributed by atoms with Crippen molar-refractivity contribution in [2.75, 3.05) is 13.7 Å². The number of likely N-dealkylation sites (N-methyl/N-ethyl adjacent to an activating group) is 1. The quantitative estimate of drug-likeness (QED) is 0.837. The van der Waals surface area contributed by atoms with Gasteiger partial charge in [-0.3, -0.25) is 4.79 Å². The topological polar surface area (TPSA) is 29.5 Å². The SMILES string of the molecule is CN1C(=O)[C@@H](c2ccccc2)CO[C@@H]1c1ccccc1. The molecule has 0 aliphatic carbocycles. The van der Waals surface area contributed by atoms with Crippen LogP contribution in [0.1, 0.15) is 23.3 Å². The zero-order valence-electron chi connectivity index (χ0n) is 11.4. The monoisotopic (exact) mass is 267 g/mol. The van der Waals surface area contributed by atoms with Gasteiger partial charge >= 0.3 is 0 Å². The first kappa shape index (κ1) is 12.9. The molecule has 1 amide bonds. The number of carbonyl (C=O) groups excluding carboxylic acids is 1. The van der Waals surface area contributed by atoms with E-state index in [0.717, 1.165) is 11.1 Å². The van der Waals surface area contributed by atoms with Crippen LogP contribution in [-0.2, 0) is 9.53 Å². The highest BCUT2D eigenvalue weighted by molar-refractivity contribution is 5.84. The Morgan fingerprint density at radius 2 is 1.50 bits per heavy atom. The van der Waals surface area contributed by atoms with Gasteiger partial charge in [0, 0.05) is 12.6 Å². The average molecular weight is 267 g/mol. The maximum absolute atomic E-state index is 12.6. The van der Waals surface area contributed by atoms with Gasteiger partial charge in [0.1, 0.15) is 0 Å². The fourth-order valence-electron chi connectivity index (χ4n) is 2.59. The van der Waals surface area contributed by atoms with E-state index in [1.807, 2.05) is 60.7 Å². The van der Waals surface area contributed by atoms with E-state index in [9.17, 15) is 4.79 Å². The number of hydrogen-bond donors (Lipinski definition) is 0. The molecular formula is C17H17NO2. The molecule has 0 bridgehead atoms. The number of carbonyl (C=O) groups is 1. The van der Waals surface area contributed by atoms with Gasteiger partial charge in [-0.1, -0.05) is 60.7 Å². The largest absolute Gasteiger partial charge is 0.353 e. The Morgan fingerprint density at radius 1 is 0.950 bits per heavy atom. The summed E-state index contributed by atoms with van der Waals surface area (Å²) in [5.74, 6) is -0.0996. The molecule has 0 radical (unpaired) electrons. The lowest BCUT2D eigenvalue weighted by Crippen LogP contribution is -2.43. The number of rotatable bonds is 2. The number of hydrogen-bond acceptors (Lipinski definition) is 2. The van der Waals surface area contributed by atoms with Crippen LogP contribution in [0.15, 0.2) is 60.7 Å². The third kappa shape index (κ3) is 2.32.